The summed E-state index contributed by atoms with van der Waals surface area (Å²) in [6.07, 6.45) is 5.41. The summed E-state index contributed by atoms with van der Waals surface area (Å²) in [5.74, 6) is -1.57. The number of amides is 3. The molecule has 3 amide bonds. The van der Waals surface area contributed by atoms with Gasteiger partial charge in [0.15, 0.2) is 0 Å². The number of hydrogen-bond donors (Lipinski definition) is 5. The molecule has 4 unspecified atom stereocenters. The number of thioether (sulfide) groups is 2. The van der Waals surface area contributed by atoms with Gasteiger partial charge in [0.05, 0.1) is 12.6 Å². The number of aliphatic carboxylic acids is 1. The highest BCUT2D eigenvalue weighted by atomic mass is 32.2. The first-order chi connectivity index (χ1) is 14.3. The molecule has 1 aliphatic heterocycles. The maximum Gasteiger partial charge on any atom is 0.326 e. The van der Waals surface area contributed by atoms with Crippen LogP contribution in [0.25, 0.3) is 0 Å². The minimum atomic E-state index is -1.25. The van der Waals surface area contributed by atoms with Crippen molar-refractivity contribution < 1.29 is 29.4 Å². The third-order valence-corrected chi connectivity index (χ3v) is 6.12. The molecule has 0 aromatic carbocycles. The van der Waals surface area contributed by atoms with Crippen LogP contribution in [0.5, 0.6) is 0 Å². The topological polar surface area (TPSA) is 162 Å². The van der Waals surface area contributed by atoms with Gasteiger partial charge in [0, 0.05) is 6.54 Å². The van der Waals surface area contributed by atoms with Gasteiger partial charge in [-0.3, -0.25) is 14.4 Å². The van der Waals surface area contributed by atoms with Crippen molar-refractivity contribution in [2.75, 3.05) is 37.2 Å². The van der Waals surface area contributed by atoms with Crippen LogP contribution in [-0.4, -0.2) is 100 Å². The number of carboxylic acids is 1. The molecule has 172 valence electrons. The summed E-state index contributed by atoms with van der Waals surface area (Å²) in [4.78, 5) is 50.4. The minimum Gasteiger partial charge on any atom is -0.480 e. The Morgan fingerprint density at radius 2 is 1.67 bits per heavy atom. The normalized spacial score (nSPS) is 19.1. The van der Waals surface area contributed by atoms with Gasteiger partial charge in [0.2, 0.25) is 17.7 Å². The Hall–Kier alpha value is -1.50. The zero-order valence-corrected chi connectivity index (χ0v) is 19.0. The molecular weight excluding hydrogens is 432 g/mol. The van der Waals surface area contributed by atoms with Crippen molar-refractivity contribution in [1.29, 1.82) is 0 Å². The van der Waals surface area contributed by atoms with E-state index < -0.39 is 54.5 Å². The van der Waals surface area contributed by atoms with E-state index >= 15 is 0 Å². The van der Waals surface area contributed by atoms with Crippen LogP contribution in [0, 0.1) is 0 Å². The third kappa shape index (κ3) is 7.97. The average Bonchev–Trinajstić information content (AvgIpc) is 3.22. The van der Waals surface area contributed by atoms with Gasteiger partial charge in [0.1, 0.15) is 18.1 Å². The summed E-state index contributed by atoms with van der Waals surface area (Å²) in [6, 6.07) is -3.92. The van der Waals surface area contributed by atoms with E-state index in [-0.39, 0.29) is 0 Å². The first kappa shape index (κ1) is 26.5. The number of nitrogens with one attached hydrogen (secondary N) is 2. The first-order valence-corrected chi connectivity index (χ1v) is 12.5. The van der Waals surface area contributed by atoms with E-state index in [0.29, 0.717) is 43.7 Å². The van der Waals surface area contributed by atoms with E-state index in [1.165, 1.54) is 28.4 Å². The first-order valence-electron chi connectivity index (χ1n) is 9.75. The number of carboxylic acid groups (broad SMARTS) is 1. The number of nitrogens with two attached hydrogens (primary N) is 1. The molecule has 1 heterocycles. The molecule has 6 N–H and O–H groups in total. The average molecular weight is 465 g/mol. The van der Waals surface area contributed by atoms with Crippen molar-refractivity contribution in [3.63, 3.8) is 0 Å². The van der Waals surface area contributed by atoms with Crippen molar-refractivity contribution in [2.24, 2.45) is 5.73 Å². The number of likely N-dealkylation sites (tertiary alicyclic amines) is 1. The fraction of sp³-hybridized carbons (Fsp3) is 0.778. The van der Waals surface area contributed by atoms with E-state index in [1.807, 2.05) is 12.5 Å². The van der Waals surface area contributed by atoms with Crippen LogP contribution in [0.1, 0.15) is 25.7 Å². The smallest absolute Gasteiger partial charge is 0.326 e. The number of aliphatic hydroxyl groups is 1. The zero-order valence-electron chi connectivity index (χ0n) is 17.3. The number of nitrogens with zero attached hydrogens (tertiary/aromatic N) is 1. The number of carbonyl (C=O) groups is 4. The van der Waals surface area contributed by atoms with Crippen molar-refractivity contribution in [2.45, 2.75) is 49.9 Å². The van der Waals surface area contributed by atoms with E-state index in [2.05, 4.69) is 10.6 Å². The van der Waals surface area contributed by atoms with Gasteiger partial charge < -0.3 is 31.5 Å². The fourth-order valence-electron chi connectivity index (χ4n) is 3.10. The molecule has 0 saturated carbocycles. The highest BCUT2D eigenvalue weighted by molar-refractivity contribution is 7.98. The molecule has 0 aromatic rings. The molecule has 0 spiro atoms. The fourth-order valence-corrected chi connectivity index (χ4v) is 4.06. The second-order valence-electron chi connectivity index (χ2n) is 7.00. The monoisotopic (exact) mass is 464 g/mol. The molecule has 4 atom stereocenters. The highest BCUT2D eigenvalue weighted by Gasteiger charge is 2.38. The molecular formula is C18H32N4O6S2. The quantitative estimate of drug-likeness (QED) is 0.227. The van der Waals surface area contributed by atoms with Gasteiger partial charge in [-0.2, -0.15) is 23.5 Å². The van der Waals surface area contributed by atoms with Gasteiger partial charge in [-0.1, -0.05) is 0 Å². The largest absolute Gasteiger partial charge is 0.480 e. The van der Waals surface area contributed by atoms with Crippen LogP contribution in [0.15, 0.2) is 0 Å². The second-order valence-corrected chi connectivity index (χ2v) is 8.97. The minimum absolute atomic E-state index is 0.300. The summed E-state index contributed by atoms with van der Waals surface area (Å²) in [7, 11) is 0. The predicted octanol–water partition coefficient (Wildman–Crippen LogP) is -1.14. The summed E-state index contributed by atoms with van der Waals surface area (Å²) in [5, 5.41) is 23.9. The second kappa shape index (κ2) is 13.7. The molecule has 0 aromatic heterocycles. The van der Waals surface area contributed by atoms with Crippen molar-refractivity contribution in [1.82, 2.24) is 15.5 Å². The molecule has 0 bridgehead atoms. The molecule has 1 aliphatic rings. The van der Waals surface area contributed by atoms with Crippen LogP contribution in [-0.2, 0) is 19.2 Å². The Bertz CT molecular complexity index is 609. The van der Waals surface area contributed by atoms with Crippen LogP contribution in [0.2, 0.25) is 0 Å². The van der Waals surface area contributed by atoms with Gasteiger partial charge >= 0.3 is 5.97 Å². The number of hydrogen-bond acceptors (Lipinski definition) is 8. The molecule has 1 rings (SSSR count). The van der Waals surface area contributed by atoms with Crippen LogP contribution >= 0.6 is 23.5 Å². The maximum absolute atomic E-state index is 12.9. The molecule has 12 heteroatoms. The van der Waals surface area contributed by atoms with Crippen LogP contribution < -0.4 is 16.4 Å². The summed E-state index contributed by atoms with van der Waals surface area (Å²) < 4.78 is 0. The standard InChI is InChI=1S/C18H32N4O6S2/c1-29-8-5-11(19)15(24)21-13(10-23)16(25)20-12(6-9-30-2)17(26)22-7-3-4-14(22)18(27)28/h11-14,23H,3-10,19H2,1-2H3,(H,20,25)(H,21,24)(H,27,28). The van der Waals surface area contributed by atoms with Crippen LogP contribution in [0.3, 0.4) is 0 Å². The lowest BCUT2D eigenvalue weighted by Gasteiger charge is -2.28. The van der Waals surface area contributed by atoms with Gasteiger partial charge in [-0.25, -0.2) is 4.79 Å². The third-order valence-electron chi connectivity index (χ3n) is 4.83. The summed E-state index contributed by atoms with van der Waals surface area (Å²) in [6.45, 7) is -0.344. The lowest BCUT2D eigenvalue weighted by Crippen LogP contribution is -2.58. The SMILES string of the molecule is CSCCC(N)C(=O)NC(CO)C(=O)NC(CCSC)C(=O)N1CCCC1C(=O)O. The lowest BCUT2D eigenvalue weighted by atomic mass is 10.1. The van der Waals surface area contributed by atoms with Gasteiger partial charge in [0.25, 0.3) is 0 Å². The van der Waals surface area contributed by atoms with Crippen molar-refractivity contribution in [3.8, 4) is 0 Å². The Labute approximate surface area is 185 Å². The van der Waals surface area contributed by atoms with Gasteiger partial charge in [-0.15, -0.1) is 0 Å². The zero-order chi connectivity index (χ0) is 22.7. The number of aliphatic hydroxyl groups excluding tert-OH is 1. The molecule has 0 aliphatic carbocycles. The Balaban J connectivity index is 2.81. The summed E-state index contributed by atoms with van der Waals surface area (Å²) in [5.41, 5.74) is 5.79. The molecule has 1 fully saturated rings. The Morgan fingerprint density at radius 3 is 2.23 bits per heavy atom. The lowest BCUT2D eigenvalue weighted by molar-refractivity contribution is -0.149. The Kier molecular flexibility index (Phi) is 12.1. The number of carbonyl (C=O) groups excluding carboxylic acids is 3. The molecule has 0 radical (unpaired) electrons. The van der Waals surface area contributed by atoms with Crippen LogP contribution in [0.4, 0.5) is 0 Å². The van der Waals surface area contributed by atoms with Crippen molar-refractivity contribution >= 4 is 47.2 Å². The Morgan fingerprint density at radius 1 is 1.07 bits per heavy atom. The highest BCUT2D eigenvalue weighted by Crippen LogP contribution is 2.19. The molecule has 1 saturated heterocycles. The predicted molar refractivity (Wildman–Crippen MR) is 117 cm³/mol. The van der Waals surface area contributed by atoms with E-state index in [0.717, 1.165) is 0 Å². The van der Waals surface area contributed by atoms with E-state index in [4.69, 9.17) is 5.73 Å². The summed E-state index contributed by atoms with van der Waals surface area (Å²) >= 11 is 3.02. The molecule has 10 nitrogen and oxygen atoms in total. The number of rotatable bonds is 13. The van der Waals surface area contributed by atoms with E-state index in [1.54, 1.807) is 0 Å². The van der Waals surface area contributed by atoms with E-state index in [9.17, 15) is 29.4 Å². The molecule has 30 heavy (non-hydrogen) atoms. The van der Waals surface area contributed by atoms with Crippen molar-refractivity contribution in [3.05, 3.63) is 0 Å². The maximum atomic E-state index is 12.9. The van der Waals surface area contributed by atoms with Gasteiger partial charge in [-0.05, 0) is 49.7 Å².